The number of furan rings is 1. The molecule has 3 rings (SSSR count). The van der Waals surface area contributed by atoms with Crippen LogP contribution in [0, 0.1) is 5.82 Å². The van der Waals surface area contributed by atoms with Crippen LogP contribution in [0.25, 0.3) is 11.3 Å². The molecule has 1 aliphatic rings. The van der Waals surface area contributed by atoms with Crippen LogP contribution in [-0.4, -0.2) is 18.3 Å². The molecule has 0 amide bonds. The predicted octanol–water partition coefficient (Wildman–Crippen LogP) is 3.38. The number of hydrogen-bond donors (Lipinski definition) is 0. The van der Waals surface area contributed by atoms with Crippen molar-refractivity contribution in [1.29, 1.82) is 0 Å². The van der Waals surface area contributed by atoms with Gasteiger partial charge in [-0.15, -0.1) is 0 Å². The minimum absolute atomic E-state index is 0.313. The molecule has 110 valence electrons. The maximum absolute atomic E-state index is 13.8. The van der Waals surface area contributed by atoms with E-state index >= 15 is 0 Å². The van der Waals surface area contributed by atoms with Gasteiger partial charge in [0.2, 0.25) is 0 Å². The molecular weight excluding hydrogens is 270 g/mol. The largest absolute Gasteiger partial charge is 0.532 e. The molecule has 0 bridgehead atoms. The fraction of sp³-hybridized carbons (Fsp3) is 0.375. The molecule has 0 aliphatic carbocycles. The van der Waals surface area contributed by atoms with Crippen molar-refractivity contribution >= 4 is 12.8 Å². The van der Waals surface area contributed by atoms with Crippen molar-refractivity contribution in [2.45, 2.75) is 38.9 Å². The first-order valence-electron chi connectivity index (χ1n) is 7.00. The molecule has 0 N–H and O–H groups in total. The lowest BCUT2D eigenvalue weighted by atomic mass is 9.86. The topological polar surface area (TPSA) is 31.6 Å². The molecule has 21 heavy (non-hydrogen) atoms. The Hall–Kier alpha value is -1.59. The van der Waals surface area contributed by atoms with Crippen LogP contribution in [0.3, 0.4) is 0 Å². The summed E-state index contributed by atoms with van der Waals surface area (Å²) in [5.74, 6) is 0.158. The third kappa shape index (κ3) is 2.41. The lowest BCUT2D eigenvalue weighted by Gasteiger charge is -2.32. The summed E-state index contributed by atoms with van der Waals surface area (Å²) in [6.07, 6.45) is 0. The van der Waals surface area contributed by atoms with Crippen molar-refractivity contribution in [2.75, 3.05) is 0 Å². The van der Waals surface area contributed by atoms with Crippen molar-refractivity contribution in [1.82, 2.24) is 0 Å². The normalized spacial score (nSPS) is 20.0. The first-order valence-corrected chi connectivity index (χ1v) is 7.00. The van der Waals surface area contributed by atoms with E-state index in [0.29, 0.717) is 17.0 Å². The molecule has 5 heteroatoms. The van der Waals surface area contributed by atoms with E-state index in [-0.39, 0.29) is 5.82 Å². The zero-order valence-corrected chi connectivity index (χ0v) is 12.6. The lowest BCUT2D eigenvalue weighted by Crippen LogP contribution is -2.41. The van der Waals surface area contributed by atoms with E-state index in [1.807, 2.05) is 27.7 Å². The predicted molar refractivity (Wildman–Crippen MR) is 79.8 cm³/mol. The molecule has 1 aromatic heterocycles. The summed E-state index contributed by atoms with van der Waals surface area (Å²) in [6, 6.07) is 10.0. The van der Waals surface area contributed by atoms with E-state index in [2.05, 4.69) is 0 Å². The Balaban J connectivity index is 1.89. The highest BCUT2D eigenvalue weighted by Gasteiger charge is 2.53. The van der Waals surface area contributed by atoms with Crippen LogP contribution in [-0.2, 0) is 9.31 Å². The fourth-order valence-corrected chi connectivity index (χ4v) is 2.24. The van der Waals surface area contributed by atoms with Crippen molar-refractivity contribution in [3.05, 3.63) is 42.2 Å². The lowest BCUT2D eigenvalue weighted by molar-refractivity contribution is 0.00578. The average Bonchev–Trinajstić information content (AvgIpc) is 2.94. The molecule has 0 saturated carbocycles. The van der Waals surface area contributed by atoms with E-state index in [4.69, 9.17) is 13.7 Å². The summed E-state index contributed by atoms with van der Waals surface area (Å²) in [5.41, 5.74) is 0.123. The Morgan fingerprint density at radius 1 is 0.905 bits per heavy atom. The van der Waals surface area contributed by atoms with Crippen molar-refractivity contribution < 1.29 is 18.1 Å². The Morgan fingerprint density at radius 2 is 1.52 bits per heavy atom. The van der Waals surface area contributed by atoms with Gasteiger partial charge < -0.3 is 13.7 Å². The first-order chi connectivity index (χ1) is 9.80. The van der Waals surface area contributed by atoms with Crippen molar-refractivity contribution in [2.24, 2.45) is 0 Å². The highest BCUT2D eigenvalue weighted by molar-refractivity contribution is 6.60. The van der Waals surface area contributed by atoms with Gasteiger partial charge in [0.15, 0.2) is 0 Å². The van der Waals surface area contributed by atoms with Gasteiger partial charge in [-0.3, -0.25) is 0 Å². The zero-order chi connectivity index (χ0) is 15.3. The second-order valence-corrected chi connectivity index (χ2v) is 6.27. The summed E-state index contributed by atoms with van der Waals surface area (Å²) < 4.78 is 31.4. The molecule has 0 spiro atoms. The van der Waals surface area contributed by atoms with Crippen LogP contribution >= 0.6 is 0 Å². The van der Waals surface area contributed by atoms with Gasteiger partial charge in [-0.2, -0.15) is 0 Å². The molecular formula is C16H18BFO3. The van der Waals surface area contributed by atoms with Crippen LogP contribution < -0.4 is 5.66 Å². The molecule has 0 unspecified atom stereocenters. The van der Waals surface area contributed by atoms with E-state index < -0.39 is 18.3 Å². The minimum atomic E-state index is -0.574. The minimum Gasteiger partial charge on any atom is -0.465 e. The second-order valence-electron chi connectivity index (χ2n) is 6.27. The maximum atomic E-state index is 13.8. The van der Waals surface area contributed by atoms with E-state index in [1.165, 1.54) is 6.07 Å². The van der Waals surface area contributed by atoms with Crippen LogP contribution in [0.15, 0.2) is 40.8 Å². The Morgan fingerprint density at radius 3 is 2.14 bits per heavy atom. The Kier molecular flexibility index (Phi) is 3.22. The van der Waals surface area contributed by atoms with Gasteiger partial charge in [-0.05, 0) is 52.0 Å². The summed E-state index contributed by atoms with van der Waals surface area (Å²) >= 11 is 0. The van der Waals surface area contributed by atoms with Gasteiger partial charge in [0.25, 0.3) is 0 Å². The number of rotatable bonds is 2. The highest BCUT2D eigenvalue weighted by atomic mass is 19.1. The van der Waals surface area contributed by atoms with Crippen molar-refractivity contribution in [3.8, 4) is 11.3 Å². The monoisotopic (exact) mass is 288 g/mol. The Bertz CT molecular complexity index is 647. The molecule has 1 saturated heterocycles. The van der Waals surface area contributed by atoms with Gasteiger partial charge in [-0.1, -0.05) is 12.1 Å². The second kappa shape index (κ2) is 4.72. The van der Waals surface area contributed by atoms with Crippen LogP contribution in [0.1, 0.15) is 27.7 Å². The van der Waals surface area contributed by atoms with Gasteiger partial charge in [0.1, 0.15) is 17.2 Å². The van der Waals surface area contributed by atoms with Gasteiger partial charge >= 0.3 is 7.12 Å². The van der Waals surface area contributed by atoms with Crippen LogP contribution in [0.5, 0.6) is 0 Å². The zero-order valence-electron chi connectivity index (χ0n) is 12.6. The van der Waals surface area contributed by atoms with Gasteiger partial charge in [0, 0.05) is 0 Å². The van der Waals surface area contributed by atoms with Gasteiger partial charge in [0.05, 0.1) is 16.8 Å². The number of halogens is 1. The molecule has 1 fully saturated rings. The first kappa shape index (κ1) is 14.4. The third-order valence-corrected chi connectivity index (χ3v) is 4.25. The molecule has 1 aromatic carbocycles. The number of hydrogen-bond acceptors (Lipinski definition) is 3. The van der Waals surface area contributed by atoms with E-state index in [9.17, 15) is 4.39 Å². The molecule has 0 radical (unpaired) electrons. The van der Waals surface area contributed by atoms with Crippen LogP contribution in [0.2, 0.25) is 0 Å². The molecule has 1 aliphatic heterocycles. The molecule has 2 heterocycles. The quantitative estimate of drug-likeness (QED) is 0.794. The smallest absolute Gasteiger partial charge is 0.465 e. The SMILES string of the molecule is CC1(C)OB(c2ccc(-c3ccccc3F)o2)OC1(C)C. The van der Waals surface area contributed by atoms with E-state index in [0.717, 1.165) is 0 Å². The van der Waals surface area contributed by atoms with Crippen molar-refractivity contribution in [3.63, 3.8) is 0 Å². The highest BCUT2D eigenvalue weighted by Crippen LogP contribution is 2.36. The average molecular weight is 288 g/mol. The fourth-order valence-electron chi connectivity index (χ4n) is 2.24. The summed E-state index contributed by atoms with van der Waals surface area (Å²) in [7, 11) is -0.574. The Labute approximate surface area is 124 Å². The maximum Gasteiger partial charge on any atom is 0.532 e. The van der Waals surface area contributed by atoms with Gasteiger partial charge in [-0.25, -0.2) is 4.39 Å². The molecule has 3 nitrogen and oxygen atoms in total. The summed E-state index contributed by atoms with van der Waals surface area (Å²) in [6.45, 7) is 7.92. The summed E-state index contributed by atoms with van der Waals surface area (Å²) in [5, 5.41) is 0. The number of benzene rings is 1. The van der Waals surface area contributed by atoms with Crippen LogP contribution in [0.4, 0.5) is 4.39 Å². The molecule has 2 aromatic rings. The third-order valence-electron chi connectivity index (χ3n) is 4.25. The molecule has 0 atom stereocenters. The standard InChI is InChI=1S/C16H18BFO3/c1-15(2)16(3,4)21-17(20-15)14-10-9-13(19-14)11-7-5-6-8-12(11)18/h5-10H,1-4H3. The van der Waals surface area contributed by atoms with E-state index in [1.54, 1.807) is 30.3 Å². The summed E-state index contributed by atoms with van der Waals surface area (Å²) in [4.78, 5) is 0.